The van der Waals surface area contributed by atoms with Crippen LogP contribution in [0.1, 0.15) is 58.4 Å². The summed E-state index contributed by atoms with van der Waals surface area (Å²) in [6, 6.07) is 3.64. The molecule has 2 unspecified atom stereocenters. The van der Waals surface area contributed by atoms with Crippen LogP contribution in [0.4, 0.5) is 8.78 Å². The molecule has 1 nitrogen and oxygen atoms in total. The summed E-state index contributed by atoms with van der Waals surface area (Å²) in [5.41, 5.74) is 6.81. The minimum absolute atomic E-state index is 0.287. The molecule has 2 rings (SSSR count). The highest BCUT2D eigenvalue weighted by Crippen LogP contribution is 2.40. The summed E-state index contributed by atoms with van der Waals surface area (Å²) < 4.78 is 27.2. The monoisotopic (exact) mass is 295 g/mol. The number of nitrogens with two attached hydrogens (primary N) is 1. The molecule has 3 heteroatoms. The average Bonchev–Trinajstić information content (AvgIpc) is 2.55. The Labute approximate surface area is 126 Å². The Morgan fingerprint density at radius 2 is 1.90 bits per heavy atom. The van der Waals surface area contributed by atoms with Crippen molar-refractivity contribution in [3.63, 3.8) is 0 Å². The number of hydrogen-bond acceptors (Lipinski definition) is 1. The van der Waals surface area contributed by atoms with E-state index in [-0.39, 0.29) is 11.2 Å². The predicted molar refractivity (Wildman–Crippen MR) is 83.0 cm³/mol. The molecule has 0 aromatic heterocycles. The molecular weight excluding hydrogens is 268 g/mol. The molecule has 0 heterocycles. The van der Waals surface area contributed by atoms with E-state index in [0.29, 0.717) is 17.9 Å². The lowest BCUT2D eigenvalue weighted by molar-refractivity contribution is 0.210. The van der Waals surface area contributed by atoms with Gasteiger partial charge in [-0.3, -0.25) is 0 Å². The van der Waals surface area contributed by atoms with E-state index in [1.54, 1.807) is 0 Å². The highest BCUT2D eigenvalue weighted by Gasteiger charge is 2.34. The van der Waals surface area contributed by atoms with Crippen LogP contribution in [0.25, 0.3) is 0 Å². The minimum Gasteiger partial charge on any atom is -0.325 e. The Bertz CT molecular complexity index is 492. The Morgan fingerprint density at radius 3 is 2.57 bits per heavy atom. The standard InChI is InChI=1S/C18H27F2N/c1-17(2,3)14-5-4-9-18(21,10-8-14)12-13-11-15(19)6-7-16(13)20/h6-7,11,14H,4-5,8-10,12,21H2,1-3H3. The lowest BCUT2D eigenvalue weighted by Gasteiger charge is -2.31. The summed E-state index contributed by atoms with van der Waals surface area (Å²) in [4.78, 5) is 0. The molecular formula is C18H27F2N. The second kappa shape index (κ2) is 6.04. The zero-order chi connectivity index (χ0) is 15.7. The van der Waals surface area contributed by atoms with Gasteiger partial charge in [0, 0.05) is 5.54 Å². The third-order valence-corrected chi connectivity index (χ3v) is 4.99. The van der Waals surface area contributed by atoms with Gasteiger partial charge in [0.2, 0.25) is 0 Å². The van der Waals surface area contributed by atoms with Gasteiger partial charge in [-0.2, -0.15) is 0 Å². The molecule has 1 aliphatic carbocycles. The first kappa shape index (κ1) is 16.4. The van der Waals surface area contributed by atoms with Crippen molar-refractivity contribution in [2.24, 2.45) is 17.1 Å². The molecule has 0 radical (unpaired) electrons. The van der Waals surface area contributed by atoms with E-state index in [1.807, 2.05) is 0 Å². The zero-order valence-corrected chi connectivity index (χ0v) is 13.4. The van der Waals surface area contributed by atoms with Gasteiger partial charge in [-0.15, -0.1) is 0 Å². The van der Waals surface area contributed by atoms with E-state index in [2.05, 4.69) is 20.8 Å². The third kappa shape index (κ3) is 4.26. The van der Waals surface area contributed by atoms with Gasteiger partial charge < -0.3 is 5.73 Å². The maximum absolute atomic E-state index is 13.8. The van der Waals surface area contributed by atoms with Gasteiger partial charge in [0.1, 0.15) is 11.6 Å². The predicted octanol–water partition coefficient (Wildman–Crippen LogP) is 4.83. The first-order valence-corrected chi connectivity index (χ1v) is 7.92. The molecule has 1 aromatic carbocycles. The maximum atomic E-state index is 13.8. The van der Waals surface area contributed by atoms with Crippen LogP contribution >= 0.6 is 0 Å². The van der Waals surface area contributed by atoms with E-state index in [0.717, 1.165) is 31.7 Å². The van der Waals surface area contributed by atoms with Crippen LogP contribution in [0.15, 0.2) is 18.2 Å². The van der Waals surface area contributed by atoms with Crippen LogP contribution in [0, 0.1) is 23.0 Å². The first-order chi connectivity index (χ1) is 9.70. The van der Waals surface area contributed by atoms with Gasteiger partial charge in [-0.1, -0.05) is 27.2 Å². The van der Waals surface area contributed by atoms with Gasteiger partial charge in [-0.25, -0.2) is 8.78 Å². The third-order valence-electron chi connectivity index (χ3n) is 4.99. The minimum atomic E-state index is -0.408. The van der Waals surface area contributed by atoms with Crippen LogP contribution < -0.4 is 5.73 Å². The largest absolute Gasteiger partial charge is 0.325 e. The van der Waals surface area contributed by atoms with E-state index >= 15 is 0 Å². The lowest BCUT2D eigenvalue weighted by Crippen LogP contribution is -2.42. The van der Waals surface area contributed by atoms with E-state index in [4.69, 9.17) is 5.73 Å². The number of halogens is 2. The van der Waals surface area contributed by atoms with Crippen molar-refractivity contribution in [3.8, 4) is 0 Å². The summed E-state index contributed by atoms with van der Waals surface area (Å²) >= 11 is 0. The normalized spacial score (nSPS) is 27.4. The van der Waals surface area contributed by atoms with Crippen molar-refractivity contribution in [2.45, 2.75) is 64.8 Å². The van der Waals surface area contributed by atoms with Crippen LogP contribution in [-0.2, 0) is 6.42 Å². The molecule has 1 fully saturated rings. The summed E-state index contributed by atoms with van der Waals surface area (Å²) in [7, 11) is 0. The average molecular weight is 295 g/mol. The number of rotatable bonds is 2. The fourth-order valence-electron chi connectivity index (χ4n) is 3.53. The molecule has 1 saturated carbocycles. The quantitative estimate of drug-likeness (QED) is 0.777. The maximum Gasteiger partial charge on any atom is 0.126 e. The molecule has 21 heavy (non-hydrogen) atoms. The highest BCUT2D eigenvalue weighted by molar-refractivity contribution is 5.21. The fourth-order valence-corrected chi connectivity index (χ4v) is 3.53. The Balaban J connectivity index is 2.10. The highest BCUT2D eigenvalue weighted by atomic mass is 19.1. The van der Waals surface area contributed by atoms with Crippen molar-refractivity contribution in [1.29, 1.82) is 0 Å². The molecule has 0 bridgehead atoms. The molecule has 0 aliphatic heterocycles. The molecule has 118 valence electrons. The number of benzene rings is 1. The van der Waals surface area contributed by atoms with Crippen molar-refractivity contribution < 1.29 is 8.78 Å². The Hall–Kier alpha value is -0.960. The Kier molecular flexibility index (Phi) is 4.72. The van der Waals surface area contributed by atoms with Crippen molar-refractivity contribution >= 4 is 0 Å². The lowest BCUT2D eigenvalue weighted by atomic mass is 9.76. The van der Waals surface area contributed by atoms with Crippen LogP contribution in [-0.4, -0.2) is 5.54 Å². The first-order valence-electron chi connectivity index (χ1n) is 7.92. The van der Waals surface area contributed by atoms with Crippen LogP contribution in [0.3, 0.4) is 0 Å². The van der Waals surface area contributed by atoms with Gasteiger partial charge in [-0.05, 0) is 67.2 Å². The molecule has 1 aliphatic rings. The summed E-state index contributed by atoms with van der Waals surface area (Å²) in [5.74, 6) is -0.0886. The van der Waals surface area contributed by atoms with Crippen LogP contribution in [0.2, 0.25) is 0 Å². The molecule has 2 N–H and O–H groups in total. The molecule has 0 spiro atoms. The topological polar surface area (TPSA) is 26.0 Å². The molecule has 0 amide bonds. The van der Waals surface area contributed by atoms with Crippen molar-refractivity contribution in [1.82, 2.24) is 0 Å². The smallest absolute Gasteiger partial charge is 0.126 e. The zero-order valence-electron chi connectivity index (χ0n) is 13.4. The summed E-state index contributed by atoms with van der Waals surface area (Å²) in [6.07, 6.45) is 5.49. The van der Waals surface area contributed by atoms with Gasteiger partial charge in [0.25, 0.3) is 0 Å². The van der Waals surface area contributed by atoms with E-state index in [1.165, 1.54) is 18.6 Å². The second-order valence-electron chi connectivity index (χ2n) is 7.77. The van der Waals surface area contributed by atoms with Gasteiger partial charge >= 0.3 is 0 Å². The Morgan fingerprint density at radius 1 is 1.19 bits per heavy atom. The summed E-state index contributed by atoms with van der Waals surface area (Å²) in [6.45, 7) is 6.81. The summed E-state index contributed by atoms with van der Waals surface area (Å²) in [5, 5.41) is 0. The molecule has 2 atom stereocenters. The van der Waals surface area contributed by atoms with Crippen molar-refractivity contribution in [3.05, 3.63) is 35.4 Å². The molecule has 0 saturated heterocycles. The van der Waals surface area contributed by atoms with Gasteiger partial charge in [0.05, 0.1) is 0 Å². The van der Waals surface area contributed by atoms with Crippen molar-refractivity contribution in [2.75, 3.05) is 0 Å². The number of hydrogen-bond donors (Lipinski definition) is 1. The second-order valence-corrected chi connectivity index (χ2v) is 7.77. The molecule has 1 aromatic rings. The fraction of sp³-hybridized carbons (Fsp3) is 0.667. The van der Waals surface area contributed by atoms with Crippen LogP contribution in [0.5, 0.6) is 0 Å². The van der Waals surface area contributed by atoms with E-state index in [9.17, 15) is 8.78 Å². The SMILES string of the molecule is CC(C)(C)C1CCCC(N)(Cc2cc(F)ccc2F)CC1. The van der Waals surface area contributed by atoms with Gasteiger partial charge in [0.15, 0.2) is 0 Å². The van der Waals surface area contributed by atoms with E-state index < -0.39 is 11.4 Å².